The van der Waals surface area contributed by atoms with Gasteiger partial charge in [0.15, 0.2) is 0 Å². The maximum Gasteiger partial charge on any atom is 0.254 e. The van der Waals surface area contributed by atoms with Gasteiger partial charge in [-0.25, -0.2) is 9.97 Å². The molecule has 1 aliphatic rings. The molecule has 1 amide bonds. The van der Waals surface area contributed by atoms with Crippen molar-refractivity contribution in [3.05, 3.63) is 24.3 Å². The Morgan fingerprint density at radius 1 is 1.26 bits per heavy atom. The highest BCUT2D eigenvalue weighted by atomic mass is 16.1. The molecule has 0 unspecified atom stereocenters. The molecule has 1 fully saturated rings. The van der Waals surface area contributed by atoms with E-state index in [-0.39, 0.29) is 11.4 Å². The van der Waals surface area contributed by atoms with E-state index in [1.807, 2.05) is 0 Å². The molecule has 0 saturated heterocycles. The largest absolute Gasteiger partial charge is 0.350 e. The predicted molar refractivity (Wildman–Crippen MR) is 73.9 cm³/mol. The molecule has 104 valence electrons. The number of nitrogens with zero attached hydrogens (tertiary/aromatic N) is 3. The Kier molecular flexibility index (Phi) is 4.47. The van der Waals surface area contributed by atoms with Gasteiger partial charge in [-0.1, -0.05) is 19.3 Å². The number of aromatic nitrogens is 2. The average Bonchev–Trinajstić information content (AvgIpc) is 2.46. The first kappa shape index (κ1) is 13.9. The maximum atomic E-state index is 12.0. The first-order valence-electron chi connectivity index (χ1n) is 6.85. The van der Waals surface area contributed by atoms with E-state index in [0.29, 0.717) is 12.1 Å². The van der Waals surface area contributed by atoms with Crippen molar-refractivity contribution in [3.8, 4) is 0 Å². The molecule has 0 spiro atoms. The van der Waals surface area contributed by atoms with Gasteiger partial charge in [0, 0.05) is 24.5 Å². The van der Waals surface area contributed by atoms with Gasteiger partial charge in [0.05, 0.1) is 5.56 Å². The number of amides is 1. The first-order chi connectivity index (χ1) is 9.14. The summed E-state index contributed by atoms with van der Waals surface area (Å²) in [6, 6.07) is 0. The fourth-order valence-corrected chi connectivity index (χ4v) is 2.76. The summed E-state index contributed by atoms with van der Waals surface area (Å²) in [5, 5.41) is 3.03. The molecule has 0 aliphatic heterocycles. The standard InChI is InChI=1S/C14H22N4O/c1-18(2)14(6-4-3-5-7-14)10-17-13(19)12-8-15-11-16-9-12/h8-9,11H,3-7,10H2,1-2H3,(H,17,19). The molecule has 2 rings (SSSR count). The summed E-state index contributed by atoms with van der Waals surface area (Å²) in [6.07, 6.45) is 10.6. The molecule has 1 aliphatic carbocycles. The molecule has 1 aromatic heterocycles. The lowest BCUT2D eigenvalue weighted by molar-refractivity contribution is 0.0799. The fraction of sp³-hybridized carbons (Fsp3) is 0.643. The van der Waals surface area contributed by atoms with Crippen LogP contribution in [-0.4, -0.2) is 47.0 Å². The zero-order valence-electron chi connectivity index (χ0n) is 11.7. The van der Waals surface area contributed by atoms with Gasteiger partial charge in [0.25, 0.3) is 5.91 Å². The predicted octanol–water partition coefficient (Wildman–Crippen LogP) is 1.47. The Labute approximate surface area is 114 Å². The third kappa shape index (κ3) is 3.29. The van der Waals surface area contributed by atoms with E-state index >= 15 is 0 Å². The number of hydrogen-bond donors (Lipinski definition) is 1. The Morgan fingerprint density at radius 2 is 1.89 bits per heavy atom. The highest BCUT2D eigenvalue weighted by Crippen LogP contribution is 2.31. The van der Waals surface area contributed by atoms with Gasteiger partial charge in [-0.05, 0) is 26.9 Å². The van der Waals surface area contributed by atoms with Crippen molar-refractivity contribution in [3.63, 3.8) is 0 Å². The molecular weight excluding hydrogens is 240 g/mol. The van der Waals surface area contributed by atoms with Crippen molar-refractivity contribution in [2.75, 3.05) is 20.6 Å². The van der Waals surface area contributed by atoms with E-state index in [2.05, 4.69) is 34.3 Å². The van der Waals surface area contributed by atoms with Crippen LogP contribution in [0.1, 0.15) is 42.5 Å². The minimum atomic E-state index is -0.0904. The molecule has 19 heavy (non-hydrogen) atoms. The Hall–Kier alpha value is -1.49. The summed E-state index contributed by atoms with van der Waals surface area (Å²) in [4.78, 5) is 22.0. The van der Waals surface area contributed by atoms with Crippen LogP contribution in [0.15, 0.2) is 18.7 Å². The van der Waals surface area contributed by atoms with Gasteiger partial charge in [-0.2, -0.15) is 0 Å². The Morgan fingerprint density at radius 3 is 2.47 bits per heavy atom. The first-order valence-corrected chi connectivity index (χ1v) is 6.85. The molecule has 0 radical (unpaired) electrons. The highest BCUT2D eigenvalue weighted by Gasteiger charge is 2.34. The van der Waals surface area contributed by atoms with Crippen LogP contribution in [0.4, 0.5) is 0 Å². The number of carbonyl (C=O) groups excluding carboxylic acids is 1. The normalized spacial score (nSPS) is 18.3. The smallest absolute Gasteiger partial charge is 0.254 e. The second-order valence-corrected chi connectivity index (χ2v) is 5.49. The lowest BCUT2D eigenvalue weighted by Crippen LogP contribution is -2.53. The van der Waals surface area contributed by atoms with Crippen LogP contribution in [0, 0.1) is 0 Å². The number of hydrogen-bond acceptors (Lipinski definition) is 4. The van der Waals surface area contributed by atoms with Crippen molar-refractivity contribution in [1.29, 1.82) is 0 Å². The van der Waals surface area contributed by atoms with Crippen LogP contribution < -0.4 is 5.32 Å². The van der Waals surface area contributed by atoms with Gasteiger partial charge < -0.3 is 10.2 Å². The van der Waals surface area contributed by atoms with Crippen LogP contribution in [0.2, 0.25) is 0 Å². The Bertz CT molecular complexity index is 413. The Balaban J connectivity index is 1.98. The monoisotopic (exact) mass is 262 g/mol. The minimum Gasteiger partial charge on any atom is -0.350 e. The zero-order chi connectivity index (χ0) is 13.7. The summed E-state index contributed by atoms with van der Waals surface area (Å²) < 4.78 is 0. The van der Waals surface area contributed by atoms with E-state index in [4.69, 9.17) is 0 Å². The molecular formula is C14H22N4O. The van der Waals surface area contributed by atoms with Crippen LogP contribution in [0.3, 0.4) is 0 Å². The summed E-state index contributed by atoms with van der Waals surface area (Å²) >= 11 is 0. The average molecular weight is 262 g/mol. The molecule has 1 N–H and O–H groups in total. The van der Waals surface area contributed by atoms with Crippen LogP contribution in [0.5, 0.6) is 0 Å². The second kappa shape index (κ2) is 6.10. The third-order valence-corrected chi connectivity index (χ3v) is 4.13. The second-order valence-electron chi connectivity index (χ2n) is 5.49. The van der Waals surface area contributed by atoms with Crippen LogP contribution >= 0.6 is 0 Å². The number of likely N-dealkylation sites (N-methyl/N-ethyl adjacent to an activating group) is 1. The number of carbonyl (C=O) groups is 1. The summed E-state index contributed by atoms with van der Waals surface area (Å²) in [5.74, 6) is -0.0904. The van der Waals surface area contributed by atoms with Crippen LogP contribution in [-0.2, 0) is 0 Å². The van der Waals surface area contributed by atoms with E-state index in [0.717, 1.165) is 12.8 Å². The molecule has 0 atom stereocenters. The quantitative estimate of drug-likeness (QED) is 0.892. The van der Waals surface area contributed by atoms with Gasteiger partial charge in [0.1, 0.15) is 6.33 Å². The lowest BCUT2D eigenvalue weighted by Gasteiger charge is -2.43. The molecule has 5 nitrogen and oxygen atoms in total. The zero-order valence-corrected chi connectivity index (χ0v) is 11.7. The lowest BCUT2D eigenvalue weighted by atomic mass is 9.80. The number of nitrogens with one attached hydrogen (secondary N) is 1. The fourth-order valence-electron chi connectivity index (χ4n) is 2.76. The van der Waals surface area contributed by atoms with Crippen LogP contribution in [0.25, 0.3) is 0 Å². The molecule has 1 heterocycles. The van der Waals surface area contributed by atoms with E-state index in [1.165, 1.54) is 25.6 Å². The molecule has 1 saturated carbocycles. The number of rotatable bonds is 4. The van der Waals surface area contributed by atoms with Gasteiger partial charge >= 0.3 is 0 Å². The van der Waals surface area contributed by atoms with Crippen molar-refractivity contribution in [2.45, 2.75) is 37.6 Å². The third-order valence-electron chi connectivity index (χ3n) is 4.13. The molecule has 0 aromatic carbocycles. The topological polar surface area (TPSA) is 58.1 Å². The summed E-state index contributed by atoms with van der Waals surface area (Å²) in [5.41, 5.74) is 0.621. The summed E-state index contributed by atoms with van der Waals surface area (Å²) in [7, 11) is 4.20. The molecule has 1 aromatic rings. The van der Waals surface area contributed by atoms with Crippen molar-refractivity contribution in [1.82, 2.24) is 20.2 Å². The van der Waals surface area contributed by atoms with E-state index < -0.39 is 0 Å². The van der Waals surface area contributed by atoms with Gasteiger partial charge in [0.2, 0.25) is 0 Å². The highest BCUT2D eigenvalue weighted by molar-refractivity contribution is 5.93. The van der Waals surface area contributed by atoms with Crippen molar-refractivity contribution >= 4 is 5.91 Å². The van der Waals surface area contributed by atoms with E-state index in [9.17, 15) is 4.79 Å². The van der Waals surface area contributed by atoms with Crippen molar-refractivity contribution in [2.24, 2.45) is 0 Å². The van der Waals surface area contributed by atoms with Gasteiger partial charge in [-0.3, -0.25) is 4.79 Å². The molecule has 0 bridgehead atoms. The molecule has 5 heteroatoms. The summed E-state index contributed by atoms with van der Waals surface area (Å²) in [6.45, 7) is 0.688. The minimum absolute atomic E-state index is 0.0904. The SMILES string of the molecule is CN(C)C1(CNC(=O)c2cncnc2)CCCCC1. The van der Waals surface area contributed by atoms with Crippen molar-refractivity contribution < 1.29 is 4.79 Å². The van der Waals surface area contributed by atoms with Gasteiger partial charge in [-0.15, -0.1) is 0 Å². The van der Waals surface area contributed by atoms with E-state index in [1.54, 1.807) is 12.4 Å². The maximum absolute atomic E-state index is 12.0.